The number of aliphatic hydroxyl groups is 1. The van der Waals surface area contributed by atoms with Crippen molar-refractivity contribution in [3.63, 3.8) is 0 Å². The molecular formula is C78H152O17P2. The van der Waals surface area contributed by atoms with Crippen LogP contribution in [0.15, 0.2) is 0 Å². The van der Waals surface area contributed by atoms with Gasteiger partial charge in [-0.1, -0.05) is 344 Å². The number of carbonyl (C=O) groups excluding carboxylic acids is 4. The number of phosphoric ester groups is 2. The lowest BCUT2D eigenvalue weighted by Crippen LogP contribution is -2.30. The summed E-state index contributed by atoms with van der Waals surface area (Å²) in [7, 11) is -9.92. The summed E-state index contributed by atoms with van der Waals surface area (Å²) in [5.41, 5.74) is 0. The van der Waals surface area contributed by atoms with Gasteiger partial charge < -0.3 is 33.8 Å². The Morgan fingerprint density at radius 3 is 0.732 bits per heavy atom. The van der Waals surface area contributed by atoms with Gasteiger partial charge in [0.2, 0.25) is 0 Å². The predicted molar refractivity (Wildman–Crippen MR) is 395 cm³/mol. The average Bonchev–Trinajstić information content (AvgIpc) is 2.02. The van der Waals surface area contributed by atoms with Gasteiger partial charge in [-0.3, -0.25) is 37.3 Å². The van der Waals surface area contributed by atoms with Crippen molar-refractivity contribution in [2.75, 3.05) is 39.6 Å². The molecule has 0 aliphatic carbocycles. The lowest BCUT2D eigenvalue weighted by Gasteiger charge is -2.21. The number of ether oxygens (including phenoxy) is 4. The van der Waals surface area contributed by atoms with Crippen LogP contribution in [0.5, 0.6) is 0 Å². The molecule has 19 heteroatoms. The molecule has 0 aliphatic heterocycles. The Hall–Kier alpha value is -1.94. The third-order valence-electron chi connectivity index (χ3n) is 18.4. The van der Waals surface area contributed by atoms with E-state index in [9.17, 15) is 43.2 Å². The Bertz CT molecular complexity index is 1900. The highest BCUT2D eigenvalue weighted by Gasteiger charge is 2.30. The fourth-order valence-electron chi connectivity index (χ4n) is 11.9. The Morgan fingerprint density at radius 2 is 0.495 bits per heavy atom. The minimum Gasteiger partial charge on any atom is -0.462 e. The van der Waals surface area contributed by atoms with E-state index in [2.05, 4.69) is 55.4 Å². The zero-order valence-corrected chi connectivity index (χ0v) is 65.5. The molecule has 0 aromatic carbocycles. The Labute approximate surface area is 594 Å². The molecule has 97 heavy (non-hydrogen) atoms. The van der Waals surface area contributed by atoms with Crippen molar-refractivity contribution in [1.29, 1.82) is 0 Å². The lowest BCUT2D eigenvalue weighted by molar-refractivity contribution is -0.161. The van der Waals surface area contributed by atoms with E-state index in [4.69, 9.17) is 37.0 Å². The van der Waals surface area contributed by atoms with Gasteiger partial charge in [0.25, 0.3) is 0 Å². The van der Waals surface area contributed by atoms with Crippen molar-refractivity contribution >= 4 is 39.5 Å². The number of carbonyl (C=O) groups is 4. The molecule has 0 rings (SSSR count). The Morgan fingerprint density at radius 1 is 0.289 bits per heavy atom. The molecule has 0 radical (unpaired) electrons. The maximum atomic E-state index is 13.1. The van der Waals surface area contributed by atoms with Crippen LogP contribution < -0.4 is 0 Å². The molecule has 0 heterocycles. The number of hydrogen-bond acceptors (Lipinski definition) is 15. The summed E-state index contributed by atoms with van der Waals surface area (Å²) in [5, 5.41) is 10.6. The molecule has 17 nitrogen and oxygen atoms in total. The third kappa shape index (κ3) is 70.9. The predicted octanol–water partition coefficient (Wildman–Crippen LogP) is 22.8. The molecule has 3 N–H and O–H groups in total. The van der Waals surface area contributed by atoms with Crippen LogP contribution in [-0.2, 0) is 65.4 Å². The van der Waals surface area contributed by atoms with Gasteiger partial charge in [0.1, 0.15) is 19.3 Å². The van der Waals surface area contributed by atoms with Crippen molar-refractivity contribution in [1.82, 2.24) is 0 Å². The molecule has 0 aromatic heterocycles. The average molecular weight is 1420 g/mol. The number of esters is 4. The molecule has 0 aliphatic rings. The van der Waals surface area contributed by atoms with Gasteiger partial charge in [-0.05, 0) is 49.4 Å². The molecule has 6 atom stereocenters. The van der Waals surface area contributed by atoms with E-state index in [1.807, 2.05) is 0 Å². The Kier molecular flexibility index (Phi) is 65.9. The van der Waals surface area contributed by atoms with Crippen LogP contribution in [-0.4, -0.2) is 96.7 Å². The normalized spacial score (nSPS) is 14.4. The van der Waals surface area contributed by atoms with Gasteiger partial charge >= 0.3 is 39.5 Å². The highest BCUT2D eigenvalue weighted by atomic mass is 31.2. The molecule has 3 unspecified atom stereocenters. The van der Waals surface area contributed by atoms with E-state index in [-0.39, 0.29) is 25.7 Å². The molecule has 576 valence electrons. The first-order chi connectivity index (χ1) is 46.6. The van der Waals surface area contributed by atoms with Gasteiger partial charge in [0, 0.05) is 25.7 Å². The van der Waals surface area contributed by atoms with Crippen LogP contribution in [0, 0.1) is 23.7 Å². The first-order valence-electron chi connectivity index (χ1n) is 40.2. The minimum absolute atomic E-state index is 0.105. The van der Waals surface area contributed by atoms with E-state index >= 15 is 0 Å². The molecule has 0 aromatic rings. The summed E-state index contributed by atoms with van der Waals surface area (Å²) in [6, 6.07) is 0. The maximum absolute atomic E-state index is 13.1. The number of rotatable bonds is 75. The molecule has 0 fully saturated rings. The van der Waals surface area contributed by atoms with Crippen molar-refractivity contribution in [3.05, 3.63) is 0 Å². The van der Waals surface area contributed by atoms with Gasteiger partial charge in [-0.25, -0.2) is 9.13 Å². The highest BCUT2D eigenvalue weighted by molar-refractivity contribution is 7.47. The minimum atomic E-state index is -4.96. The number of hydrogen-bond donors (Lipinski definition) is 3. The quantitative estimate of drug-likeness (QED) is 0.0222. The monoisotopic (exact) mass is 1420 g/mol. The lowest BCUT2D eigenvalue weighted by atomic mass is 9.99. The van der Waals surface area contributed by atoms with Gasteiger partial charge in [-0.15, -0.1) is 0 Å². The number of aliphatic hydroxyl groups excluding tert-OH is 1. The maximum Gasteiger partial charge on any atom is 0.472 e. The summed E-state index contributed by atoms with van der Waals surface area (Å²) in [6.45, 7) is 14.2. The van der Waals surface area contributed by atoms with Crippen molar-refractivity contribution in [2.45, 2.75) is 414 Å². The zero-order chi connectivity index (χ0) is 71.7. The smallest absolute Gasteiger partial charge is 0.462 e. The van der Waals surface area contributed by atoms with Crippen molar-refractivity contribution < 1.29 is 80.2 Å². The third-order valence-corrected chi connectivity index (χ3v) is 20.3. The van der Waals surface area contributed by atoms with Crippen LogP contribution in [0.25, 0.3) is 0 Å². The SMILES string of the molecule is CCC(C)CCCCCCCCCCCCC(=O)O[C@H](COC(=O)CCCCCCCCC(C)C)COP(=O)(O)OC[C@H](O)COP(=O)(O)OC[C@@H](COC(=O)CCCCCCCCCCCCCCCCCC(C)C)OC(=O)CCCCCCCCCCCCCCCC(C)C. The first-order valence-corrected chi connectivity index (χ1v) is 43.2. The van der Waals surface area contributed by atoms with E-state index in [1.165, 1.54) is 193 Å². The van der Waals surface area contributed by atoms with Crippen molar-refractivity contribution in [3.8, 4) is 0 Å². The fraction of sp³-hybridized carbons (Fsp3) is 0.949. The van der Waals surface area contributed by atoms with Crippen LogP contribution in [0.4, 0.5) is 0 Å². The largest absolute Gasteiger partial charge is 0.472 e. The summed E-state index contributed by atoms with van der Waals surface area (Å²) >= 11 is 0. The topological polar surface area (TPSA) is 237 Å². The van der Waals surface area contributed by atoms with E-state index in [0.717, 1.165) is 114 Å². The van der Waals surface area contributed by atoms with Crippen LogP contribution in [0.3, 0.4) is 0 Å². The zero-order valence-electron chi connectivity index (χ0n) is 63.7. The molecule has 0 spiro atoms. The number of unbranched alkanes of at least 4 members (excludes halogenated alkanes) is 40. The summed E-state index contributed by atoms with van der Waals surface area (Å²) in [5.74, 6) is 0.956. The van der Waals surface area contributed by atoms with Crippen LogP contribution in [0.2, 0.25) is 0 Å². The van der Waals surface area contributed by atoms with Crippen molar-refractivity contribution in [2.24, 2.45) is 23.7 Å². The molecule has 0 saturated heterocycles. The second kappa shape index (κ2) is 67.2. The summed E-state index contributed by atoms with van der Waals surface area (Å²) < 4.78 is 68.6. The van der Waals surface area contributed by atoms with E-state index in [1.54, 1.807) is 0 Å². The van der Waals surface area contributed by atoms with Gasteiger partial charge in [-0.2, -0.15) is 0 Å². The standard InChI is InChI=1S/C78H152O17P2/c1-9-71(8)57-49-41-32-26-22-23-29-35-45-53-61-78(83)95-74(65-89-76(81)59-51-43-37-36-40-48-56-70(6)7)67-93-97(86,87)91-63-72(79)62-90-96(84,85)92-66-73(94-77(82)60-52-44-34-28-21-17-13-15-19-25-31-39-47-55-69(4)5)64-88-75(80)58-50-42-33-27-20-16-12-10-11-14-18-24-30-38-46-54-68(2)3/h68-74,79H,9-67H2,1-8H3,(H,84,85)(H,86,87)/t71?,72-,73-,74-/m1/s1. The Balaban J connectivity index is 5.24. The van der Waals surface area contributed by atoms with Crippen LogP contribution >= 0.6 is 15.6 Å². The first kappa shape index (κ1) is 95.1. The van der Waals surface area contributed by atoms with Gasteiger partial charge in [0.05, 0.1) is 26.4 Å². The van der Waals surface area contributed by atoms with Gasteiger partial charge in [0.15, 0.2) is 12.2 Å². The molecule has 0 amide bonds. The fourth-order valence-corrected chi connectivity index (χ4v) is 13.5. The second-order valence-corrected chi connectivity index (χ2v) is 32.7. The van der Waals surface area contributed by atoms with Crippen LogP contribution in [0.1, 0.15) is 396 Å². The molecule has 0 saturated carbocycles. The second-order valence-electron chi connectivity index (χ2n) is 29.8. The molecular weight excluding hydrogens is 1270 g/mol. The molecule has 0 bridgehead atoms. The van der Waals surface area contributed by atoms with E-state index < -0.39 is 97.5 Å². The summed E-state index contributed by atoms with van der Waals surface area (Å²) in [4.78, 5) is 72.9. The summed E-state index contributed by atoms with van der Waals surface area (Å²) in [6.07, 6.45) is 52.8. The number of phosphoric acid groups is 2. The van der Waals surface area contributed by atoms with E-state index in [0.29, 0.717) is 31.6 Å². The highest BCUT2D eigenvalue weighted by Crippen LogP contribution is 2.45.